The molecule has 1 aromatic carbocycles. The Bertz CT molecular complexity index is 1200. The molecule has 5 nitrogen and oxygen atoms in total. The topological polar surface area (TPSA) is 79.2 Å². The number of fused-ring (bicyclic) bond motifs is 4. The Morgan fingerprint density at radius 3 is 2.39 bits per heavy atom. The van der Waals surface area contributed by atoms with Gasteiger partial charge in [-0.25, -0.2) is 0 Å². The maximum Gasteiger partial charge on any atom is 0.171 e. The van der Waals surface area contributed by atoms with Crippen LogP contribution in [0.5, 0.6) is 0 Å². The van der Waals surface area contributed by atoms with Gasteiger partial charge in [-0.15, -0.1) is 5.92 Å². The Labute approximate surface area is 226 Å². The fourth-order valence-corrected chi connectivity index (χ4v) is 9.34. The van der Waals surface area contributed by atoms with Crippen LogP contribution in [0, 0.1) is 35.0 Å². The Kier molecular flexibility index (Phi) is 5.76. The summed E-state index contributed by atoms with van der Waals surface area (Å²) in [6.45, 7) is 5.30. The van der Waals surface area contributed by atoms with Gasteiger partial charge in [0.1, 0.15) is 5.60 Å². The fraction of sp³-hybridized carbons (Fsp3) is 0.697. The quantitative estimate of drug-likeness (QED) is 0.381. The van der Waals surface area contributed by atoms with Gasteiger partial charge in [0.2, 0.25) is 0 Å². The van der Waals surface area contributed by atoms with E-state index < -0.39 is 17.0 Å². The van der Waals surface area contributed by atoms with Crippen molar-refractivity contribution in [3.8, 4) is 11.8 Å². The molecule has 5 heteroatoms. The maximum atomic E-state index is 12.2. The standard InChI is InChI=1S/C33H42O5/c1-3-13-32(36)15-11-26-24-10-14-31(35)20-33(37-17-18-38-33)16-12-27(31)28(24)25(19-30(26,32)2)21-4-6-22(7-5-21)29(34)23-8-9-23/h4-7,23-26,29,34-36H,8-12,14-20H2,1-2H3/t24-,25+,26-,29?,30-,31+,32+/m0/s1. The van der Waals surface area contributed by atoms with Crippen LogP contribution in [-0.2, 0) is 9.47 Å². The molecule has 7 atom stereocenters. The SMILES string of the molecule is CC#C[C@@]1(O)CC[C@H]2[C@@H]3CC[C@@]4(O)CC5(CCC4=C3[C@@H](c3ccc(C(O)C4CC4)cc3)C[C@@]21C)OCCO5. The van der Waals surface area contributed by atoms with E-state index in [9.17, 15) is 15.3 Å². The van der Waals surface area contributed by atoms with Crippen molar-refractivity contribution in [3.05, 3.63) is 46.5 Å². The van der Waals surface area contributed by atoms with E-state index in [1.54, 1.807) is 0 Å². The highest BCUT2D eigenvalue weighted by Gasteiger charge is 2.64. The van der Waals surface area contributed by atoms with Crippen molar-refractivity contribution in [2.75, 3.05) is 13.2 Å². The first-order valence-electron chi connectivity index (χ1n) is 14.9. The number of rotatable bonds is 3. The molecule has 7 rings (SSSR count). The van der Waals surface area contributed by atoms with Crippen molar-refractivity contribution >= 4 is 0 Å². The van der Waals surface area contributed by atoms with Crippen LogP contribution < -0.4 is 0 Å². The zero-order chi connectivity index (χ0) is 26.3. The number of hydrogen-bond donors (Lipinski definition) is 3. The number of allylic oxidation sites excluding steroid dienone is 1. The van der Waals surface area contributed by atoms with E-state index in [1.807, 2.05) is 6.92 Å². The summed E-state index contributed by atoms with van der Waals surface area (Å²) >= 11 is 0. The molecule has 4 saturated carbocycles. The largest absolute Gasteiger partial charge is 0.388 e. The number of hydrogen-bond acceptors (Lipinski definition) is 5. The van der Waals surface area contributed by atoms with Gasteiger partial charge in [-0.1, -0.05) is 42.7 Å². The van der Waals surface area contributed by atoms with Crippen LogP contribution in [0.25, 0.3) is 0 Å². The fourth-order valence-electron chi connectivity index (χ4n) is 9.34. The molecule has 204 valence electrons. The maximum absolute atomic E-state index is 12.2. The highest BCUT2D eigenvalue weighted by Crippen LogP contribution is 2.67. The van der Waals surface area contributed by atoms with E-state index in [1.165, 1.54) is 16.7 Å². The first-order valence-corrected chi connectivity index (χ1v) is 14.9. The molecule has 38 heavy (non-hydrogen) atoms. The van der Waals surface area contributed by atoms with Crippen molar-refractivity contribution < 1.29 is 24.8 Å². The minimum atomic E-state index is -0.987. The second-order valence-electron chi connectivity index (χ2n) is 13.4. The van der Waals surface area contributed by atoms with Crippen LogP contribution in [0.4, 0.5) is 0 Å². The van der Waals surface area contributed by atoms with Crippen LogP contribution in [-0.4, -0.2) is 45.5 Å². The lowest BCUT2D eigenvalue weighted by atomic mass is 9.49. The molecule has 5 aliphatic carbocycles. The molecule has 0 radical (unpaired) electrons. The average Bonchev–Trinajstić information content (AvgIpc) is 3.61. The van der Waals surface area contributed by atoms with Crippen LogP contribution in [0.15, 0.2) is 35.4 Å². The minimum Gasteiger partial charge on any atom is -0.388 e. The molecule has 1 spiro atoms. The molecule has 5 fully saturated rings. The van der Waals surface area contributed by atoms with Crippen molar-refractivity contribution in [3.63, 3.8) is 0 Å². The van der Waals surface area contributed by atoms with E-state index >= 15 is 0 Å². The second-order valence-corrected chi connectivity index (χ2v) is 13.4. The second kappa shape index (κ2) is 8.66. The third-order valence-corrected chi connectivity index (χ3v) is 11.5. The lowest BCUT2D eigenvalue weighted by molar-refractivity contribution is -0.208. The van der Waals surface area contributed by atoms with E-state index in [-0.39, 0.29) is 17.4 Å². The van der Waals surface area contributed by atoms with Crippen LogP contribution in [0.3, 0.4) is 0 Å². The predicted molar refractivity (Wildman–Crippen MR) is 144 cm³/mol. The van der Waals surface area contributed by atoms with Crippen LogP contribution >= 0.6 is 0 Å². The average molecular weight is 519 g/mol. The lowest BCUT2D eigenvalue weighted by Gasteiger charge is -2.57. The van der Waals surface area contributed by atoms with Crippen LogP contribution in [0.1, 0.15) is 101 Å². The normalized spacial score (nSPS) is 42.2. The molecular formula is C33H42O5. The van der Waals surface area contributed by atoms with Gasteiger partial charge < -0.3 is 24.8 Å². The van der Waals surface area contributed by atoms with Gasteiger partial charge in [0.15, 0.2) is 5.79 Å². The van der Waals surface area contributed by atoms with Gasteiger partial charge in [-0.2, -0.15) is 0 Å². The van der Waals surface area contributed by atoms with Gasteiger partial charge in [0, 0.05) is 24.2 Å². The molecule has 1 saturated heterocycles. The Morgan fingerprint density at radius 1 is 0.974 bits per heavy atom. The number of ether oxygens (including phenoxy) is 2. The van der Waals surface area contributed by atoms with Gasteiger partial charge in [0.05, 0.1) is 24.9 Å². The molecule has 0 amide bonds. The van der Waals surface area contributed by atoms with Gasteiger partial charge in [-0.3, -0.25) is 0 Å². The summed E-state index contributed by atoms with van der Waals surface area (Å²) in [5.41, 5.74) is 2.64. The third kappa shape index (κ3) is 3.64. The molecule has 0 bridgehead atoms. The first-order chi connectivity index (χ1) is 18.2. The predicted octanol–water partition coefficient (Wildman–Crippen LogP) is 5.15. The molecule has 1 aliphatic heterocycles. The zero-order valence-corrected chi connectivity index (χ0v) is 22.8. The Balaban J connectivity index is 1.33. The number of benzene rings is 1. The minimum absolute atomic E-state index is 0.109. The molecule has 1 aromatic rings. The van der Waals surface area contributed by atoms with Crippen molar-refractivity contribution in [2.45, 2.75) is 107 Å². The molecule has 1 heterocycles. The van der Waals surface area contributed by atoms with Gasteiger partial charge in [-0.05, 0) is 92.7 Å². The smallest absolute Gasteiger partial charge is 0.171 e. The molecule has 6 aliphatic rings. The lowest BCUT2D eigenvalue weighted by Crippen LogP contribution is -2.55. The summed E-state index contributed by atoms with van der Waals surface area (Å²) in [5, 5.41) is 34.8. The van der Waals surface area contributed by atoms with Crippen molar-refractivity contribution in [2.24, 2.45) is 23.2 Å². The Morgan fingerprint density at radius 2 is 1.71 bits per heavy atom. The van der Waals surface area contributed by atoms with Gasteiger partial charge in [0.25, 0.3) is 0 Å². The van der Waals surface area contributed by atoms with Gasteiger partial charge >= 0.3 is 0 Å². The number of aliphatic hydroxyl groups excluding tert-OH is 1. The molecule has 0 aromatic heterocycles. The van der Waals surface area contributed by atoms with E-state index in [0.29, 0.717) is 50.2 Å². The summed E-state index contributed by atoms with van der Waals surface area (Å²) in [6, 6.07) is 8.59. The third-order valence-electron chi connectivity index (χ3n) is 11.5. The van der Waals surface area contributed by atoms with E-state index in [0.717, 1.165) is 50.5 Å². The van der Waals surface area contributed by atoms with Crippen LogP contribution in [0.2, 0.25) is 0 Å². The monoisotopic (exact) mass is 518 g/mol. The van der Waals surface area contributed by atoms with E-state index in [2.05, 4.69) is 43.0 Å². The summed E-state index contributed by atoms with van der Waals surface area (Å²) in [5.74, 6) is 6.83. The summed E-state index contributed by atoms with van der Waals surface area (Å²) in [6.07, 6.45) is 8.04. The first kappa shape index (κ1) is 25.3. The number of aliphatic hydroxyl groups is 3. The summed E-state index contributed by atoms with van der Waals surface area (Å²) in [7, 11) is 0. The van der Waals surface area contributed by atoms with Crippen molar-refractivity contribution in [1.82, 2.24) is 0 Å². The zero-order valence-electron chi connectivity index (χ0n) is 22.8. The summed E-state index contributed by atoms with van der Waals surface area (Å²) in [4.78, 5) is 0. The Hall–Kier alpha value is -1.68. The molecular weight excluding hydrogens is 476 g/mol. The molecule has 1 unspecified atom stereocenters. The van der Waals surface area contributed by atoms with E-state index in [4.69, 9.17) is 9.47 Å². The summed E-state index contributed by atoms with van der Waals surface area (Å²) < 4.78 is 12.1. The molecule has 3 N–H and O–H groups in total. The highest BCUT2D eigenvalue weighted by molar-refractivity contribution is 5.45. The highest BCUT2D eigenvalue weighted by atomic mass is 16.7. The van der Waals surface area contributed by atoms with Crippen molar-refractivity contribution in [1.29, 1.82) is 0 Å².